The quantitative estimate of drug-likeness (QED) is 0.187. The minimum absolute atomic E-state index is 0.576. The summed E-state index contributed by atoms with van der Waals surface area (Å²) in [7, 11) is 0. The number of benzene rings is 7. The molecule has 0 aliphatic rings. The zero-order valence-corrected chi connectivity index (χ0v) is 26.7. The third-order valence-electron chi connectivity index (χ3n) is 9.37. The third kappa shape index (κ3) is 4.60. The van der Waals surface area contributed by atoms with Crippen molar-refractivity contribution in [3.8, 4) is 56.4 Å². The first-order chi connectivity index (χ1) is 24.8. The van der Waals surface area contributed by atoms with E-state index in [0.717, 1.165) is 82.8 Å². The number of rotatable bonds is 5. The maximum Gasteiger partial charge on any atom is 0.164 e. The van der Waals surface area contributed by atoms with Crippen molar-refractivity contribution in [2.45, 2.75) is 0 Å². The van der Waals surface area contributed by atoms with Crippen molar-refractivity contribution < 1.29 is 8.83 Å². The summed E-state index contributed by atoms with van der Waals surface area (Å²) in [5, 5.41) is 4.30. The second-order valence-electron chi connectivity index (χ2n) is 12.4. The molecule has 0 amide bonds. The van der Waals surface area contributed by atoms with Gasteiger partial charge in [-0.25, -0.2) is 15.0 Å². The van der Waals surface area contributed by atoms with Crippen LogP contribution in [0.3, 0.4) is 0 Å². The number of nitrogens with zero attached hydrogens (tertiary/aromatic N) is 3. The molecule has 10 aromatic rings. The van der Waals surface area contributed by atoms with Crippen LogP contribution in [0.5, 0.6) is 0 Å². The summed E-state index contributed by atoms with van der Waals surface area (Å²) in [5.41, 5.74) is 10.1. The Morgan fingerprint density at radius 3 is 1.62 bits per heavy atom. The van der Waals surface area contributed by atoms with Gasteiger partial charge in [0, 0.05) is 43.8 Å². The number of para-hydroxylation sites is 3. The largest absolute Gasteiger partial charge is 0.456 e. The molecule has 0 atom stereocenters. The maximum absolute atomic E-state index is 6.56. The summed E-state index contributed by atoms with van der Waals surface area (Å²) in [6.07, 6.45) is 0. The zero-order valence-electron chi connectivity index (χ0n) is 26.7. The molecule has 5 nitrogen and oxygen atoms in total. The SMILES string of the molecule is c1ccc(-c2nc(-c3ccccc3)nc(-c3cc(-c4cccc5oc6ccccc6c45)ccc3-c3cccc4c3oc3ccccc34)n2)cc1. The molecule has 0 radical (unpaired) electrons. The van der Waals surface area contributed by atoms with Crippen LogP contribution in [0.1, 0.15) is 0 Å². The van der Waals surface area contributed by atoms with Gasteiger partial charge in [-0.05, 0) is 41.0 Å². The first kappa shape index (κ1) is 28.2. The van der Waals surface area contributed by atoms with Gasteiger partial charge in [-0.1, -0.05) is 140 Å². The van der Waals surface area contributed by atoms with Crippen molar-refractivity contribution in [3.05, 3.63) is 164 Å². The molecule has 234 valence electrons. The highest BCUT2D eigenvalue weighted by atomic mass is 16.3. The van der Waals surface area contributed by atoms with Crippen LogP contribution in [-0.2, 0) is 0 Å². The Labute approximate surface area is 287 Å². The van der Waals surface area contributed by atoms with E-state index in [9.17, 15) is 0 Å². The van der Waals surface area contributed by atoms with Crippen LogP contribution in [0.25, 0.3) is 100 Å². The van der Waals surface area contributed by atoms with E-state index < -0.39 is 0 Å². The highest BCUT2D eigenvalue weighted by Gasteiger charge is 2.21. The van der Waals surface area contributed by atoms with E-state index in [1.807, 2.05) is 103 Å². The van der Waals surface area contributed by atoms with Gasteiger partial charge in [-0.2, -0.15) is 0 Å². The smallest absolute Gasteiger partial charge is 0.164 e. The maximum atomic E-state index is 6.56. The van der Waals surface area contributed by atoms with Gasteiger partial charge in [0.2, 0.25) is 0 Å². The molecule has 3 aromatic heterocycles. The van der Waals surface area contributed by atoms with Crippen molar-refractivity contribution >= 4 is 43.9 Å². The normalized spacial score (nSPS) is 11.6. The van der Waals surface area contributed by atoms with Crippen molar-refractivity contribution in [2.75, 3.05) is 0 Å². The molecule has 0 aliphatic carbocycles. The molecule has 0 saturated heterocycles. The number of hydrogen-bond donors (Lipinski definition) is 0. The van der Waals surface area contributed by atoms with Crippen LogP contribution in [0.15, 0.2) is 173 Å². The van der Waals surface area contributed by atoms with Crippen LogP contribution in [0, 0.1) is 0 Å². The van der Waals surface area contributed by atoms with E-state index in [2.05, 4.69) is 60.7 Å². The lowest BCUT2D eigenvalue weighted by Crippen LogP contribution is -2.01. The van der Waals surface area contributed by atoms with E-state index in [-0.39, 0.29) is 0 Å². The standard InChI is InChI=1S/C45H27N3O2/c1-3-13-28(14-4-1)43-46-44(29-15-5-2-6-16-29)48-45(47-43)37-27-30(31-19-12-24-40-41(31)36-18-8-10-23-39(36)49-40)25-26-32(37)34-20-11-21-35-33-17-7-9-22-38(33)50-42(34)35/h1-27H. The fourth-order valence-corrected chi connectivity index (χ4v) is 7.04. The number of hydrogen-bond acceptors (Lipinski definition) is 5. The Kier molecular flexibility index (Phi) is 6.42. The lowest BCUT2D eigenvalue weighted by atomic mass is 9.92. The summed E-state index contributed by atoms with van der Waals surface area (Å²) in [6.45, 7) is 0. The predicted molar refractivity (Wildman–Crippen MR) is 202 cm³/mol. The molecule has 7 aromatic carbocycles. The Morgan fingerprint density at radius 2 is 0.880 bits per heavy atom. The summed E-state index contributed by atoms with van der Waals surface area (Å²) >= 11 is 0. The van der Waals surface area contributed by atoms with Crippen LogP contribution in [0.4, 0.5) is 0 Å². The summed E-state index contributed by atoms with van der Waals surface area (Å²) in [5.74, 6) is 1.79. The fraction of sp³-hybridized carbons (Fsp3) is 0. The Bertz CT molecular complexity index is 2810. The molecule has 3 heterocycles. The van der Waals surface area contributed by atoms with Crippen molar-refractivity contribution in [1.82, 2.24) is 15.0 Å². The first-order valence-electron chi connectivity index (χ1n) is 16.6. The number of furan rings is 2. The number of aromatic nitrogens is 3. The molecular formula is C45H27N3O2. The molecule has 0 aliphatic heterocycles. The monoisotopic (exact) mass is 641 g/mol. The van der Waals surface area contributed by atoms with Crippen LogP contribution >= 0.6 is 0 Å². The number of fused-ring (bicyclic) bond motifs is 6. The minimum Gasteiger partial charge on any atom is -0.456 e. The molecule has 0 spiro atoms. The van der Waals surface area contributed by atoms with Gasteiger partial charge in [-0.3, -0.25) is 0 Å². The highest BCUT2D eigenvalue weighted by Crippen LogP contribution is 2.43. The topological polar surface area (TPSA) is 65.0 Å². The second-order valence-corrected chi connectivity index (χ2v) is 12.4. The van der Waals surface area contributed by atoms with Gasteiger partial charge in [0.05, 0.1) is 0 Å². The van der Waals surface area contributed by atoms with Gasteiger partial charge in [0.25, 0.3) is 0 Å². The lowest BCUT2D eigenvalue weighted by molar-refractivity contribution is 0.669. The Morgan fingerprint density at radius 1 is 0.320 bits per heavy atom. The zero-order chi connectivity index (χ0) is 33.0. The Hall–Kier alpha value is -6.85. The van der Waals surface area contributed by atoms with Crippen LogP contribution in [0.2, 0.25) is 0 Å². The molecule has 0 N–H and O–H groups in total. The molecule has 0 unspecified atom stereocenters. The van der Waals surface area contributed by atoms with E-state index in [1.165, 1.54) is 0 Å². The lowest BCUT2D eigenvalue weighted by Gasteiger charge is -2.15. The van der Waals surface area contributed by atoms with Crippen molar-refractivity contribution in [3.63, 3.8) is 0 Å². The molecule has 5 heteroatoms. The summed E-state index contributed by atoms with van der Waals surface area (Å²) < 4.78 is 12.8. The summed E-state index contributed by atoms with van der Waals surface area (Å²) in [4.78, 5) is 15.3. The predicted octanol–water partition coefficient (Wildman–Crippen LogP) is 12.0. The third-order valence-corrected chi connectivity index (χ3v) is 9.37. The van der Waals surface area contributed by atoms with Crippen molar-refractivity contribution in [1.29, 1.82) is 0 Å². The molecule has 50 heavy (non-hydrogen) atoms. The second kappa shape index (κ2) is 11.4. The molecule has 0 bridgehead atoms. The van der Waals surface area contributed by atoms with E-state index in [1.54, 1.807) is 0 Å². The minimum atomic E-state index is 0.576. The fourth-order valence-electron chi connectivity index (χ4n) is 7.04. The Balaban J connectivity index is 1.28. The van der Waals surface area contributed by atoms with Gasteiger partial charge in [0.15, 0.2) is 17.5 Å². The molecule has 0 fully saturated rings. The van der Waals surface area contributed by atoms with Crippen LogP contribution < -0.4 is 0 Å². The van der Waals surface area contributed by atoms with E-state index >= 15 is 0 Å². The summed E-state index contributed by atoms with van der Waals surface area (Å²) in [6, 6.07) is 55.6. The van der Waals surface area contributed by atoms with Gasteiger partial charge in [0.1, 0.15) is 22.3 Å². The van der Waals surface area contributed by atoms with E-state index in [0.29, 0.717) is 17.5 Å². The van der Waals surface area contributed by atoms with Gasteiger partial charge >= 0.3 is 0 Å². The molecular weight excluding hydrogens is 615 g/mol. The van der Waals surface area contributed by atoms with Crippen LogP contribution in [-0.4, -0.2) is 15.0 Å². The van der Waals surface area contributed by atoms with Gasteiger partial charge < -0.3 is 8.83 Å². The van der Waals surface area contributed by atoms with Gasteiger partial charge in [-0.15, -0.1) is 0 Å². The average Bonchev–Trinajstić information content (AvgIpc) is 3.77. The molecule has 10 rings (SSSR count). The van der Waals surface area contributed by atoms with E-state index in [4.69, 9.17) is 23.8 Å². The average molecular weight is 642 g/mol. The highest BCUT2D eigenvalue weighted by molar-refractivity contribution is 6.13. The molecule has 0 saturated carbocycles. The first-order valence-corrected chi connectivity index (χ1v) is 16.6. The van der Waals surface area contributed by atoms with Crippen molar-refractivity contribution in [2.24, 2.45) is 0 Å².